The van der Waals surface area contributed by atoms with Crippen molar-refractivity contribution in [1.82, 2.24) is 9.55 Å². The smallest absolute Gasteiger partial charge is 0.329 e. The van der Waals surface area contributed by atoms with Gasteiger partial charge in [-0.05, 0) is 43.5 Å². The number of aromatic amines is 1. The van der Waals surface area contributed by atoms with Crippen LogP contribution in [0.1, 0.15) is 31.0 Å². The SMILES string of the molecule is CCn1c(=O)cc(N2CCc3ccc(F)cc3[C@@H]2C)[nH]c1=O. The zero-order chi connectivity index (χ0) is 15.9. The zero-order valence-electron chi connectivity index (χ0n) is 12.6. The fourth-order valence-corrected chi connectivity index (χ4v) is 3.08. The highest BCUT2D eigenvalue weighted by atomic mass is 19.1. The molecule has 0 saturated heterocycles. The van der Waals surface area contributed by atoms with Gasteiger partial charge in [0.25, 0.3) is 5.56 Å². The van der Waals surface area contributed by atoms with Gasteiger partial charge in [0.15, 0.2) is 0 Å². The van der Waals surface area contributed by atoms with Crippen LogP contribution in [0.2, 0.25) is 0 Å². The van der Waals surface area contributed by atoms with E-state index in [2.05, 4.69) is 4.98 Å². The summed E-state index contributed by atoms with van der Waals surface area (Å²) in [5.41, 5.74) is 1.27. The maximum absolute atomic E-state index is 13.5. The van der Waals surface area contributed by atoms with E-state index >= 15 is 0 Å². The zero-order valence-corrected chi connectivity index (χ0v) is 12.6. The second-order valence-electron chi connectivity index (χ2n) is 5.50. The predicted octanol–water partition coefficient (Wildman–Crippen LogP) is 1.82. The number of benzene rings is 1. The van der Waals surface area contributed by atoms with E-state index in [0.717, 1.165) is 22.1 Å². The Morgan fingerprint density at radius 1 is 1.32 bits per heavy atom. The van der Waals surface area contributed by atoms with Crippen molar-refractivity contribution in [2.45, 2.75) is 32.9 Å². The highest BCUT2D eigenvalue weighted by Crippen LogP contribution is 2.32. The third kappa shape index (κ3) is 2.34. The molecule has 1 aromatic carbocycles. The first kappa shape index (κ1) is 14.6. The van der Waals surface area contributed by atoms with Gasteiger partial charge in [-0.3, -0.25) is 14.3 Å². The van der Waals surface area contributed by atoms with Crippen LogP contribution in [0, 0.1) is 5.82 Å². The van der Waals surface area contributed by atoms with Gasteiger partial charge >= 0.3 is 5.69 Å². The molecule has 5 nitrogen and oxygen atoms in total. The van der Waals surface area contributed by atoms with E-state index in [1.165, 1.54) is 18.2 Å². The highest BCUT2D eigenvalue weighted by molar-refractivity contribution is 5.46. The van der Waals surface area contributed by atoms with Crippen molar-refractivity contribution in [1.29, 1.82) is 0 Å². The molecule has 3 rings (SSSR count). The number of aromatic nitrogens is 2. The molecule has 116 valence electrons. The summed E-state index contributed by atoms with van der Waals surface area (Å²) < 4.78 is 14.6. The Hall–Kier alpha value is -2.37. The molecule has 2 aromatic rings. The summed E-state index contributed by atoms with van der Waals surface area (Å²) in [6.07, 6.45) is 0.749. The third-order valence-electron chi connectivity index (χ3n) is 4.28. The number of fused-ring (bicyclic) bond motifs is 1. The number of hydrogen-bond donors (Lipinski definition) is 1. The Morgan fingerprint density at radius 2 is 2.09 bits per heavy atom. The molecule has 1 atom stereocenters. The van der Waals surface area contributed by atoms with Crippen LogP contribution in [-0.2, 0) is 13.0 Å². The lowest BCUT2D eigenvalue weighted by atomic mass is 9.93. The fourth-order valence-electron chi connectivity index (χ4n) is 3.08. The molecule has 1 N–H and O–H groups in total. The van der Waals surface area contributed by atoms with Gasteiger partial charge in [-0.2, -0.15) is 0 Å². The van der Waals surface area contributed by atoms with E-state index in [4.69, 9.17) is 0 Å². The maximum Gasteiger partial charge on any atom is 0.329 e. The molecule has 0 spiro atoms. The van der Waals surface area contributed by atoms with Gasteiger partial charge in [-0.25, -0.2) is 9.18 Å². The molecule has 0 unspecified atom stereocenters. The molecule has 0 amide bonds. The Morgan fingerprint density at radius 3 is 2.77 bits per heavy atom. The van der Waals surface area contributed by atoms with E-state index in [1.54, 1.807) is 13.0 Å². The summed E-state index contributed by atoms with van der Waals surface area (Å²) in [5, 5.41) is 0. The number of nitrogens with zero attached hydrogens (tertiary/aromatic N) is 2. The molecular formula is C16H18FN3O2. The van der Waals surface area contributed by atoms with Crippen LogP contribution in [0.3, 0.4) is 0 Å². The molecule has 1 aliphatic rings. The van der Waals surface area contributed by atoms with Crippen LogP contribution in [0.15, 0.2) is 33.9 Å². The van der Waals surface area contributed by atoms with Crippen molar-refractivity contribution >= 4 is 5.82 Å². The van der Waals surface area contributed by atoms with Crippen molar-refractivity contribution in [3.63, 3.8) is 0 Å². The summed E-state index contributed by atoms with van der Waals surface area (Å²) in [5.74, 6) is 0.212. The Bertz CT molecular complexity index is 794. The van der Waals surface area contributed by atoms with E-state index in [1.807, 2.05) is 11.8 Å². The summed E-state index contributed by atoms with van der Waals surface area (Å²) in [4.78, 5) is 28.6. The van der Waals surface area contributed by atoms with Crippen molar-refractivity contribution in [2.75, 3.05) is 11.4 Å². The second-order valence-corrected chi connectivity index (χ2v) is 5.50. The number of anilines is 1. The number of rotatable bonds is 2. The number of H-pyrrole nitrogens is 1. The van der Waals surface area contributed by atoms with Gasteiger partial charge < -0.3 is 4.90 Å². The first-order valence-electron chi connectivity index (χ1n) is 7.40. The van der Waals surface area contributed by atoms with Crippen LogP contribution in [0.25, 0.3) is 0 Å². The van der Waals surface area contributed by atoms with Gasteiger partial charge in [0.2, 0.25) is 0 Å². The largest absolute Gasteiger partial charge is 0.351 e. The molecule has 6 heteroatoms. The van der Waals surface area contributed by atoms with E-state index in [9.17, 15) is 14.0 Å². The average molecular weight is 303 g/mol. The molecule has 0 fully saturated rings. The van der Waals surface area contributed by atoms with Crippen LogP contribution in [0.4, 0.5) is 10.2 Å². The first-order chi connectivity index (χ1) is 10.5. The molecule has 1 aromatic heterocycles. The van der Waals surface area contributed by atoms with Crippen LogP contribution >= 0.6 is 0 Å². The highest BCUT2D eigenvalue weighted by Gasteiger charge is 2.25. The quantitative estimate of drug-likeness (QED) is 0.920. The average Bonchev–Trinajstić information content (AvgIpc) is 2.48. The number of halogens is 1. The standard InChI is InChI=1S/C16H18FN3O2/c1-3-19-15(21)9-14(18-16(19)22)20-7-6-11-4-5-12(17)8-13(11)10(20)2/h4-5,8-10H,3,6-7H2,1-2H3,(H,18,22)/t10-/m0/s1. The summed E-state index contributed by atoms with van der Waals surface area (Å²) in [7, 11) is 0. The van der Waals surface area contributed by atoms with Gasteiger partial charge in [-0.1, -0.05) is 6.07 Å². The van der Waals surface area contributed by atoms with Crippen molar-refractivity contribution in [3.8, 4) is 0 Å². The third-order valence-corrected chi connectivity index (χ3v) is 4.28. The normalized spacial score (nSPS) is 17.4. The molecule has 0 saturated carbocycles. The first-order valence-corrected chi connectivity index (χ1v) is 7.40. The lowest BCUT2D eigenvalue weighted by molar-refractivity contribution is 0.584. The fraction of sp³-hybridized carbons (Fsp3) is 0.375. The molecule has 22 heavy (non-hydrogen) atoms. The van der Waals surface area contributed by atoms with Gasteiger partial charge in [0, 0.05) is 19.2 Å². The van der Waals surface area contributed by atoms with Gasteiger partial charge in [0.1, 0.15) is 11.6 Å². The van der Waals surface area contributed by atoms with Crippen LogP contribution in [0.5, 0.6) is 0 Å². The topological polar surface area (TPSA) is 58.1 Å². The molecule has 0 radical (unpaired) electrons. The Kier molecular flexibility index (Phi) is 3.60. The molecule has 0 bridgehead atoms. The minimum Gasteiger partial charge on any atom is -0.351 e. The number of nitrogens with one attached hydrogen (secondary N) is 1. The van der Waals surface area contributed by atoms with Crippen molar-refractivity contribution in [2.24, 2.45) is 0 Å². The predicted molar refractivity (Wildman–Crippen MR) is 82.9 cm³/mol. The minimum absolute atomic E-state index is 0.105. The monoisotopic (exact) mass is 303 g/mol. The van der Waals surface area contributed by atoms with Gasteiger partial charge in [-0.15, -0.1) is 0 Å². The minimum atomic E-state index is -0.415. The summed E-state index contributed by atoms with van der Waals surface area (Å²) in [6.45, 7) is 4.70. The van der Waals surface area contributed by atoms with Crippen molar-refractivity contribution in [3.05, 3.63) is 62.0 Å². The molecule has 0 aliphatic carbocycles. The van der Waals surface area contributed by atoms with E-state index in [-0.39, 0.29) is 17.4 Å². The molecule has 1 aliphatic heterocycles. The van der Waals surface area contributed by atoms with Gasteiger partial charge in [0.05, 0.1) is 6.04 Å². The van der Waals surface area contributed by atoms with Crippen LogP contribution < -0.4 is 16.1 Å². The molecular weight excluding hydrogens is 285 g/mol. The van der Waals surface area contributed by atoms with E-state index < -0.39 is 5.69 Å². The summed E-state index contributed by atoms with van der Waals surface area (Å²) in [6, 6.07) is 6.12. The Balaban J connectivity index is 2.04. The lowest BCUT2D eigenvalue weighted by Gasteiger charge is -2.36. The van der Waals surface area contributed by atoms with Crippen molar-refractivity contribution < 1.29 is 4.39 Å². The Labute approximate surface area is 127 Å². The lowest BCUT2D eigenvalue weighted by Crippen LogP contribution is -2.40. The second kappa shape index (κ2) is 5.44. The number of hydrogen-bond acceptors (Lipinski definition) is 3. The maximum atomic E-state index is 13.5. The van der Waals surface area contributed by atoms with Crippen LogP contribution in [-0.4, -0.2) is 16.1 Å². The van der Waals surface area contributed by atoms with E-state index in [0.29, 0.717) is 18.9 Å². The molecule has 2 heterocycles. The summed E-state index contributed by atoms with van der Waals surface area (Å²) >= 11 is 0.